The second-order valence-corrected chi connectivity index (χ2v) is 6.28. The molecule has 0 spiro atoms. The highest BCUT2D eigenvalue weighted by molar-refractivity contribution is 7.98. The van der Waals surface area contributed by atoms with Crippen molar-refractivity contribution in [3.63, 3.8) is 0 Å². The van der Waals surface area contributed by atoms with E-state index in [9.17, 15) is 4.79 Å². The molecule has 2 rings (SSSR count). The van der Waals surface area contributed by atoms with Crippen LogP contribution in [0.1, 0.15) is 19.3 Å². The van der Waals surface area contributed by atoms with E-state index in [-0.39, 0.29) is 12.0 Å². The first-order chi connectivity index (χ1) is 10.2. The molecule has 5 heteroatoms. The number of nitrogens with one attached hydrogen (secondary N) is 1. The number of likely N-dealkylation sites (N-methyl/N-ethyl adjacent to an activating group) is 1. The summed E-state index contributed by atoms with van der Waals surface area (Å²) >= 11 is 1.64. The zero-order chi connectivity index (χ0) is 15.1. The molecule has 4 nitrogen and oxygen atoms in total. The fraction of sp³-hybridized carbons (Fsp3) is 0.562. The Bertz CT molecular complexity index is 461. The first-order valence-electron chi connectivity index (χ1n) is 7.42. The lowest BCUT2D eigenvalue weighted by Gasteiger charge is -2.27. The molecule has 0 radical (unpaired) electrons. The van der Waals surface area contributed by atoms with E-state index in [0.29, 0.717) is 6.54 Å². The minimum absolute atomic E-state index is 0.0230. The predicted octanol–water partition coefficient (Wildman–Crippen LogP) is 2.85. The summed E-state index contributed by atoms with van der Waals surface area (Å²) in [6, 6.07) is 7.87. The third-order valence-electron chi connectivity index (χ3n) is 3.58. The number of anilines is 1. The predicted molar refractivity (Wildman–Crippen MR) is 87.9 cm³/mol. The molecular formula is C16H24N2O2S. The maximum atomic E-state index is 12.1. The van der Waals surface area contributed by atoms with E-state index in [4.69, 9.17) is 4.74 Å². The molecular weight excluding hydrogens is 284 g/mol. The van der Waals surface area contributed by atoms with Crippen LogP contribution in [0.5, 0.6) is 0 Å². The molecule has 0 saturated carbocycles. The van der Waals surface area contributed by atoms with Gasteiger partial charge >= 0.3 is 0 Å². The molecule has 1 aromatic rings. The Morgan fingerprint density at radius 2 is 2.24 bits per heavy atom. The van der Waals surface area contributed by atoms with Crippen LogP contribution in [0.15, 0.2) is 29.2 Å². The largest absolute Gasteiger partial charge is 0.377 e. The Hall–Kier alpha value is -1.04. The number of benzene rings is 1. The molecule has 1 aromatic carbocycles. The Morgan fingerprint density at radius 3 is 2.95 bits per heavy atom. The van der Waals surface area contributed by atoms with Gasteiger partial charge in [0.15, 0.2) is 0 Å². The SMILES string of the molecule is CSc1ccccc1NC(=O)CN(C)C[C@@H]1CCCCO1. The first kappa shape index (κ1) is 16.3. The van der Waals surface area contributed by atoms with Gasteiger partial charge in [-0.05, 0) is 44.7 Å². The molecule has 21 heavy (non-hydrogen) atoms. The lowest BCUT2D eigenvalue weighted by atomic mass is 10.1. The summed E-state index contributed by atoms with van der Waals surface area (Å²) in [5.41, 5.74) is 0.886. The maximum absolute atomic E-state index is 12.1. The number of thioether (sulfide) groups is 1. The Morgan fingerprint density at radius 1 is 1.43 bits per heavy atom. The molecule has 0 bridgehead atoms. The van der Waals surface area contributed by atoms with Crippen molar-refractivity contribution < 1.29 is 9.53 Å². The normalized spacial score (nSPS) is 18.7. The van der Waals surface area contributed by atoms with Gasteiger partial charge in [0.05, 0.1) is 18.3 Å². The maximum Gasteiger partial charge on any atom is 0.238 e. The number of carbonyl (C=O) groups excluding carboxylic acids is 1. The summed E-state index contributed by atoms with van der Waals surface area (Å²) in [5, 5.41) is 2.99. The zero-order valence-corrected chi connectivity index (χ0v) is 13.6. The third-order valence-corrected chi connectivity index (χ3v) is 4.38. The highest BCUT2D eigenvalue weighted by atomic mass is 32.2. The zero-order valence-electron chi connectivity index (χ0n) is 12.8. The minimum Gasteiger partial charge on any atom is -0.377 e. The minimum atomic E-state index is 0.0230. The van der Waals surface area contributed by atoms with E-state index in [1.807, 2.05) is 42.5 Å². The summed E-state index contributed by atoms with van der Waals surface area (Å²) in [6.07, 6.45) is 5.77. The molecule has 1 aliphatic rings. The van der Waals surface area contributed by atoms with Crippen molar-refractivity contribution in [3.8, 4) is 0 Å². The number of carbonyl (C=O) groups is 1. The van der Waals surface area contributed by atoms with Crippen molar-refractivity contribution >= 4 is 23.4 Å². The van der Waals surface area contributed by atoms with Gasteiger partial charge in [-0.1, -0.05) is 12.1 Å². The fourth-order valence-corrected chi connectivity index (χ4v) is 3.10. The second-order valence-electron chi connectivity index (χ2n) is 5.43. The van der Waals surface area contributed by atoms with E-state index in [1.165, 1.54) is 6.42 Å². The molecule has 1 amide bonds. The Kier molecular flexibility index (Phi) is 6.54. The number of nitrogens with zero attached hydrogens (tertiary/aromatic N) is 1. The van der Waals surface area contributed by atoms with Crippen LogP contribution in [0.4, 0.5) is 5.69 Å². The molecule has 1 saturated heterocycles. The summed E-state index contributed by atoms with van der Waals surface area (Å²) in [4.78, 5) is 15.3. The average molecular weight is 308 g/mol. The van der Waals surface area contributed by atoms with Crippen molar-refractivity contribution in [3.05, 3.63) is 24.3 Å². The monoisotopic (exact) mass is 308 g/mol. The number of rotatable bonds is 6. The van der Waals surface area contributed by atoms with Gasteiger partial charge in [-0.3, -0.25) is 9.69 Å². The molecule has 1 atom stereocenters. The van der Waals surface area contributed by atoms with Crippen LogP contribution in [-0.2, 0) is 9.53 Å². The van der Waals surface area contributed by atoms with Gasteiger partial charge in [0.2, 0.25) is 5.91 Å². The van der Waals surface area contributed by atoms with Crippen LogP contribution in [0.3, 0.4) is 0 Å². The number of hydrogen-bond acceptors (Lipinski definition) is 4. The van der Waals surface area contributed by atoms with Crippen LogP contribution in [0.2, 0.25) is 0 Å². The molecule has 116 valence electrons. The summed E-state index contributed by atoms with van der Waals surface area (Å²) < 4.78 is 5.71. The Labute approximate surface area is 131 Å². The first-order valence-corrected chi connectivity index (χ1v) is 8.64. The van der Waals surface area contributed by atoms with Gasteiger partial charge in [0, 0.05) is 18.0 Å². The fourth-order valence-electron chi connectivity index (χ4n) is 2.55. The molecule has 1 N–H and O–H groups in total. The van der Waals surface area contributed by atoms with Gasteiger partial charge < -0.3 is 10.1 Å². The van der Waals surface area contributed by atoms with Crippen molar-refractivity contribution in [2.24, 2.45) is 0 Å². The lowest BCUT2D eigenvalue weighted by Crippen LogP contribution is -2.37. The average Bonchev–Trinajstić information content (AvgIpc) is 2.48. The molecule has 1 heterocycles. The number of para-hydroxylation sites is 1. The van der Waals surface area contributed by atoms with Crippen molar-refractivity contribution in [1.29, 1.82) is 0 Å². The van der Waals surface area contributed by atoms with Gasteiger partial charge in [-0.15, -0.1) is 11.8 Å². The third kappa shape index (κ3) is 5.34. The van der Waals surface area contributed by atoms with Crippen molar-refractivity contribution in [2.45, 2.75) is 30.3 Å². The van der Waals surface area contributed by atoms with Crippen LogP contribution < -0.4 is 5.32 Å². The molecule has 0 aliphatic carbocycles. The smallest absolute Gasteiger partial charge is 0.238 e. The van der Waals surface area contributed by atoms with E-state index in [0.717, 1.165) is 36.6 Å². The van der Waals surface area contributed by atoms with Crippen LogP contribution in [-0.4, -0.2) is 49.9 Å². The van der Waals surface area contributed by atoms with Gasteiger partial charge in [-0.25, -0.2) is 0 Å². The molecule has 1 aliphatic heterocycles. The summed E-state index contributed by atoms with van der Waals surface area (Å²) in [7, 11) is 1.97. The summed E-state index contributed by atoms with van der Waals surface area (Å²) in [5.74, 6) is 0.0230. The lowest BCUT2D eigenvalue weighted by molar-refractivity contribution is -0.117. The van der Waals surface area contributed by atoms with Gasteiger partial charge in [0.25, 0.3) is 0 Å². The topological polar surface area (TPSA) is 41.6 Å². The van der Waals surface area contributed by atoms with Crippen LogP contribution >= 0.6 is 11.8 Å². The van der Waals surface area contributed by atoms with Gasteiger partial charge in [-0.2, -0.15) is 0 Å². The Balaban J connectivity index is 1.80. The van der Waals surface area contributed by atoms with Crippen LogP contribution in [0, 0.1) is 0 Å². The standard InChI is InChI=1S/C16H24N2O2S/c1-18(11-13-7-5-6-10-20-13)12-16(19)17-14-8-3-4-9-15(14)21-2/h3-4,8-9,13H,5-7,10-12H2,1-2H3,(H,17,19)/t13-/m0/s1. The van der Waals surface area contributed by atoms with Gasteiger partial charge in [0.1, 0.15) is 0 Å². The highest BCUT2D eigenvalue weighted by Gasteiger charge is 2.17. The van der Waals surface area contributed by atoms with Crippen molar-refractivity contribution in [2.75, 3.05) is 38.3 Å². The van der Waals surface area contributed by atoms with E-state index < -0.39 is 0 Å². The highest BCUT2D eigenvalue weighted by Crippen LogP contribution is 2.24. The van der Waals surface area contributed by atoms with E-state index >= 15 is 0 Å². The van der Waals surface area contributed by atoms with Crippen molar-refractivity contribution in [1.82, 2.24) is 4.90 Å². The summed E-state index contributed by atoms with van der Waals surface area (Å²) in [6.45, 7) is 2.06. The van der Waals surface area contributed by atoms with Crippen LogP contribution in [0.25, 0.3) is 0 Å². The number of ether oxygens (including phenoxy) is 1. The van der Waals surface area contributed by atoms with E-state index in [2.05, 4.69) is 5.32 Å². The second kappa shape index (κ2) is 8.41. The molecule has 0 unspecified atom stereocenters. The molecule has 1 fully saturated rings. The number of hydrogen-bond donors (Lipinski definition) is 1. The van der Waals surface area contributed by atoms with E-state index in [1.54, 1.807) is 11.8 Å². The quantitative estimate of drug-likeness (QED) is 0.821. The molecule has 0 aromatic heterocycles. The number of amides is 1.